The first kappa shape index (κ1) is 20.5. The third kappa shape index (κ3) is 6.11. The van der Waals surface area contributed by atoms with Gasteiger partial charge < -0.3 is 10.1 Å². The van der Waals surface area contributed by atoms with Crippen LogP contribution in [0.5, 0.6) is 5.75 Å². The van der Waals surface area contributed by atoms with E-state index in [-0.39, 0.29) is 6.04 Å². The van der Waals surface area contributed by atoms with Crippen molar-refractivity contribution in [3.63, 3.8) is 0 Å². The van der Waals surface area contributed by atoms with Crippen molar-refractivity contribution in [3.8, 4) is 5.75 Å². The van der Waals surface area contributed by atoms with Gasteiger partial charge in [0.15, 0.2) is 0 Å². The standard InChI is InChI=1S/C21H34N2O3S/c1-21(2,3)27(24,25)23-19-8-6-16(7-9-19)14-22-18-10-12-20(13-11-18)26-15-17-4-5-17/h10-13,16-17,19,22-23H,4-9,14-15H2,1-3H3/t16-,19-. The Hall–Kier alpha value is -1.27. The topological polar surface area (TPSA) is 67.4 Å². The van der Waals surface area contributed by atoms with Crippen LogP contribution in [0.25, 0.3) is 0 Å². The van der Waals surface area contributed by atoms with Gasteiger partial charge in [0.2, 0.25) is 10.0 Å². The Bertz CT molecular complexity index is 698. The van der Waals surface area contributed by atoms with Gasteiger partial charge in [0.1, 0.15) is 5.75 Å². The lowest BCUT2D eigenvalue weighted by atomic mass is 9.86. The van der Waals surface area contributed by atoms with Crippen molar-refractivity contribution in [1.29, 1.82) is 0 Å². The minimum atomic E-state index is -3.26. The number of rotatable bonds is 8. The Balaban J connectivity index is 1.38. The fourth-order valence-electron chi connectivity index (χ4n) is 3.31. The van der Waals surface area contributed by atoms with Gasteiger partial charge in [-0.05, 0) is 95.4 Å². The van der Waals surface area contributed by atoms with E-state index in [0.717, 1.165) is 56.2 Å². The zero-order chi connectivity index (χ0) is 19.5. The lowest BCUT2D eigenvalue weighted by molar-refractivity contribution is 0.300. The van der Waals surface area contributed by atoms with Crippen LogP contribution in [-0.4, -0.2) is 32.4 Å². The summed E-state index contributed by atoms with van der Waals surface area (Å²) >= 11 is 0. The summed E-state index contributed by atoms with van der Waals surface area (Å²) in [6, 6.07) is 8.29. The van der Waals surface area contributed by atoms with Gasteiger partial charge in [0.05, 0.1) is 11.4 Å². The molecule has 152 valence electrons. The number of ether oxygens (including phenoxy) is 1. The van der Waals surface area contributed by atoms with Gasteiger partial charge in [-0.15, -0.1) is 0 Å². The van der Waals surface area contributed by atoms with E-state index in [2.05, 4.69) is 22.2 Å². The summed E-state index contributed by atoms with van der Waals surface area (Å²) in [5.41, 5.74) is 1.12. The Kier molecular flexibility index (Phi) is 6.36. The summed E-state index contributed by atoms with van der Waals surface area (Å²) < 4.78 is 32.5. The molecule has 2 aliphatic carbocycles. The first-order valence-corrected chi connectivity index (χ1v) is 11.7. The highest BCUT2D eigenvalue weighted by molar-refractivity contribution is 7.90. The molecular weight excluding hydrogens is 360 g/mol. The molecule has 2 aliphatic rings. The Morgan fingerprint density at radius 1 is 0.963 bits per heavy atom. The van der Waals surface area contributed by atoms with E-state index in [1.54, 1.807) is 20.8 Å². The van der Waals surface area contributed by atoms with Crippen molar-refractivity contribution in [2.75, 3.05) is 18.5 Å². The van der Waals surface area contributed by atoms with E-state index in [4.69, 9.17) is 4.74 Å². The van der Waals surface area contributed by atoms with Gasteiger partial charge in [0, 0.05) is 18.3 Å². The number of anilines is 1. The van der Waals surface area contributed by atoms with Crippen LogP contribution in [0.15, 0.2) is 24.3 Å². The van der Waals surface area contributed by atoms with Crippen LogP contribution in [-0.2, 0) is 10.0 Å². The molecule has 2 saturated carbocycles. The third-order valence-corrected chi connectivity index (χ3v) is 7.86. The number of nitrogens with one attached hydrogen (secondary N) is 2. The van der Waals surface area contributed by atoms with E-state index in [1.807, 2.05) is 12.1 Å². The van der Waals surface area contributed by atoms with E-state index in [1.165, 1.54) is 12.8 Å². The number of hydrogen-bond acceptors (Lipinski definition) is 4. The molecule has 0 spiro atoms. The van der Waals surface area contributed by atoms with E-state index < -0.39 is 14.8 Å². The predicted molar refractivity (Wildman–Crippen MR) is 111 cm³/mol. The Morgan fingerprint density at radius 3 is 2.11 bits per heavy atom. The molecule has 0 aromatic heterocycles. The molecule has 0 radical (unpaired) electrons. The van der Waals surface area contributed by atoms with Gasteiger partial charge in [-0.1, -0.05) is 0 Å². The van der Waals surface area contributed by atoms with E-state index in [0.29, 0.717) is 5.92 Å². The molecule has 0 aliphatic heterocycles. The lowest BCUT2D eigenvalue weighted by Gasteiger charge is -2.31. The fourth-order valence-corrected chi connectivity index (χ4v) is 4.34. The summed E-state index contributed by atoms with van der Waals surface area (Å²) in [6.07, 6.45) is 6.53. The molecule has 0 atom stereocenters. The smallest absolute Gasteiger partial charge is 0.216 e. The minimum Gasteiger partial charge on any atom is -0.493 e. The van der Waals surface area contributed by atoms with Crippen molar-refractivity contribution in [3.05, 3.63) is 24.3 Å². The molecule has 0 amide bonds. The number of benzene rings is 1. The van der Waals surface area contributed by atoms with Gasteiger partial charge in [-0.3, -0.25) is 0 Å². The van der Waals surface area contributed by atoms with Crippen molar-refractivity contribution in [1.82, 2.24) is 4.72 Å². The summed E-state index contributed by atoms with van der Waals surface area (Å²) in [5.74, 6) is 2.30. The molecule has 0 heterocycles. The van der Waals surface area contributed by atoms with Crippen molar-refractivity contribution in [2.24, 2.45) is 11.8 Å². The molecule has 2 fully saturated rings. The maximum absolute atomic E-state index is 12.3. The highest BCUT2D eigenvalue weighted by Crippen LogP contribution is 2.30. The molecule has 0 saturated heterocycles. The number of sulfonamides is 1. The fraction of sp³-hybridized carbons (Fsp3) is 0.714. The monoisotopic (exact) mass is 394 g/mol. The quantitative estimate of drug-likeness (QED) is 0.695. The summed E-state index contributed by atoms with van der Waals surface area (Å²) in [5, 5.41) is 3.51. The van der Waals surface area contributed by atoms with Gasteiger partial charge in [0.25, 0.3) is 0 Å². The zero-order valence-electron chi connectivity index (χ0n) is 16.8. The van der Waals surface area contributed by atoms with E-state index >= 15 is 0 Å². The maximum Gasteiger partial charge on any atom is 0.216 e. The number of hydrogen-bond donors (Lipinski definition) is 2. The third-order valence-electron chi connectivity index (χ3n) is 5.61. The molecule has 5 nitrogen and oxygen atoms in total. The molecular formula is C21H34N2O3S. The molecule has 3 rings (SSSR count). The van der Waals surface area contributed by atoms with Crippen LogP contribution in [0.2, 0.25) is 0 Å². The van der Waals surface area contributed by atoms with Crippen LogP contribution >= 0.6 is 0 Å². The second kappa shape index (κ2) is 8.39. The maximum atomic E-state index is 12.3. The average Bonchev–Trinajstić information content (AvgIpc) is 3.43. The summed E-state index contributed by atoms with van der Waals surface area (Å²) in [7, 11) is -3.26. The van der Waals surface area contributed by atoms with Crippen LogP contribution in [0.1, 0.15) is 59.3 Å². The predicted octanol–water partition coefficient (Wildman–Crippen LogP) is 4.16. The average molecular weight is 395 g/mol. The first-order chi connectivity index (χ1) is 12.7. The second-order valence-electron chi connectivity index (χ2n) is 9.11. The minimum absolute atomic E-state index is 0.0772. The molecule has 2 N–H and O–H groups in total. The van der Waals surface area contributed by atoms with Crippen LogP contribution in [0.4, 0.5) is 5.69 Å². The molecule has 27 heavy (non-hydrogen) atoms. The summed E-state index contributed by atoms with van der Waals surface area (Å²) in [4.78, 5) is 0. The normalized spacial score (nSPS) is 23.8. The largest absolute Gasteiger partial charge is 0.493 e. The Labute approximate surface area is 164 Å². The van der Waals surface area contributed by atoms with Crippen molar-refractivity contribution in [2.45, 2.75) is 70.1 Å². The van der Waals surface area contributed by atoms with Gasteiger partial charge in [-0.2, -0.15) is 0 Å². The van der Waals surface area contributed by atoms with Crippen LogP contribution in [0, 0.1) is 11.8 Å². The van der Waals surface area contributed by atoms with Gasteiger partial charge in [-0.25, -0.2) is 13.1 Å². The van der Waals surface area contributed by atoms with Gasteiger partial charge >= 0.3 is 0 Å². The molecule has 0 bridgehead atoms. The molecule has 1 aromatic rings. The molecule has 0 unspecified atom stereocenters. The summed E-state index contributed by atoms with van der Waals surface area (Å²) in [6.45, 7) is 7.00. The molecule has 6 heteroatoms. The van der Waals surface area contributed by atoms with Crippen LogP contribution < -0.4 is 14.8 Å². The SMILES string of the molecule is CC(C)(C)S(=O)(=O)N[C@H]1CC[C@H](CNc2ccc(OCC3CC3)cc2)CC1. The first-order valence-electron chi connectivity index (χ1n) is 10.2. The second-order valence-corrected chi connectivity index (χ2v) is 11.6. The Morgan fingerprint density at radius 2 is 1.56 bits per heavy atom. The zero-order valence-corrected chi connectivity index (χ0v) is 17.6. The van der Waals surface area contributed by atoms with Crippen molar-refractivity contribution >= 4 is 15.7 Å². The lowest BCUT2D eigenvalue weighted by Crippen LogP contribution is -2.46. The van der Waals surface area contributed by atoms with Crippen molar-refractivity contribution < 1.29 is 13.2 Å². The molecule has 1 aromatic carbocycles. The van der Waals surface area contributed by atoms with Crippen LogP contribution in [0.3, 0.4) is 0 Å². The highest BCUT2D eigenvalue weighted by Gasteiger charge is 2.32. The van der Waals surface area contributed by atoms with E-state index in [9.17, 15) is 8.42 Å². The highest BCUT2D eigenvalue weighted by atomic mass is 32.2.